The first-order valence-electron chi connectivity index (χ1n) is 15.3. The maximum absolute atomic E-state index is 5.12. The van der Waals surface area contributed by atoms with E-state index >= 15 is 0 Å². The molecule has 0 saturated heterocycles. The summed E-state index contributed by atoms with van der Waals surface area (Å²) in [6, 6.07) is 54.7. The van der Waals surface area contributed by atoms with Crippen LogP contribution in [0.2, 0.25) is 0 Å². The summed E-state index contributed by atoms with van der Waals surface area (Å²) >= 11 is 0. The Balaban J connectivity index is 1.52. The molecular formula is C42H32N2. The first kappa shape index (κ1) is 26.2. The minimum absolute atomic E-state index is 0.437. The van der Waals surface area contributed by atoms with Crippen LogP contribution in [-0.4, -0.2) is 9.55 Å². The van der Waals surface area contributed by atoms with Crippen molar-refractivity contribution in [2.24, 2.45) is 0 Å². The van der Waals surface area contributed by atoms with E-state index in [9.17, 15) is 0 Å². The standard InChI is InChI=1S/C42H32N2/c1-28(2)32-22-24-34-36(26-32)40(29-14-6-3-7-15-29)35-25-23-33(27-37(35)41(34)30-16-8-4-9-17-30)44-39-21-13-12-20-38(39)43-42(44)31-18-10-5-11-19-31/h3-28H,1-2H3. The second-order valence-electron chi connectivity index (χ2n) is 11.8. The SMILES string of the molecule is CC(C)c1ccc2c(-c3ccccc3)c3cc(-n4c(-c5ccccc5)nc5ccccc54)ccc3c(-c3ccccc3)c2c1. The summed E-state index contributed by atoms with van der Waals surface area (Å²) in [7, 11) is 0. The number of fused-ring (bicyclic) bond motifs is 3. The van der Waals surface area contributed by atoms with Gasteiger partial charge in [0.05, 0.1) is 11.0 Å². The lowest BCUT2D eigenvalue weighted by atomic mass is 9.84. The van der Waals surface area contributed by atoms with Crippen LogP contribution in [0.3, 0.4) is 0 Å². The summed E-state index contributed by atoms with van der Waals surface area (Å²) in [5.41, 5.74) is 10.6. The van der Waals surface area contributed by atoms with Crippen molar-refractivity contribution in [2.75, 3.05) is 0 Å². The third kappa shape index (κ3) is 4.30. The molecule has 0 amide bonds. The maximum atomic E-state index is 5.12. The van der Waals surface area contributed by atoms with E-state index in [-0.39, 0.29) is 0 Å². The van der Waals surface area contributed by atoms with Gasteiger partial charge >= 0.3 is 0 Å². The number of para-hydroxylation sites is 2. The second kappa shape index (κ2) is 10.7. The number of rotatable bonds is 5. The molecule has 0 bridgehead atoms. The van der Waals surface area contributed by atoms with Crippen molar-refractivity contribution in [3.8, 4) is 39.3 Å². The van der Waals surface area contributed by atoms with Crippen molar-refractivity contribution in [2.45, 2.75) is 19.8 Å². The molecule has 2 nitrogen and oxygen atoms in total. The molecule has 0 aliphatic rings. The predicted molar refractivity (Wildman–Crippen MR) is 186 cm³/mol. The zero-order valence-electron chi connectivity index (χ0n) is 24.9. The average molecular weight is 565 g/mol. The lowest BCUT2D eigenvalue weighted by Crippen LogP contribution is -1.99. The second-order valence-corrected chi connectivity index (χ2v) is 11.8. The summed E-state index contributed by atoms with van der Waals surface area (Å²) in [4.78, 5) is 5.12. The normalized spacial score (nSPS) is 11.6. The molecule has 2 heteroatoms. The first-order chi connectivity index (χ1) is 21.7. The molecule has 8 aromatic rings. The topological polar surface area (TPSA) is 17.8 Å². The number of benzene rings is 7. The Labute approximate surface area is 257 Å². The van der Waals surface area contributed by atoms with Gasteiger partial charge in [0.25, 0.3) is 0 Å². The molecule has 44 heavy (non-hydrogen) atoms. The molecule has 0 fully saturated rings. The number of imidazole rings is 1. The van der Waals surface area contributed by atoms with Gasteiger partial charge in [-0.25, -0.2) is 4.98 Å². The Hall–Kier alpha value is -5.47. The van der Waals surface area contributed by atoms with E-state index in [2.05, 4.69) is 170 Å². The highest BCUT2D eigenvalue weighted by molar-refractivity contribution is 6.21. The summed E-state index contributed by atoms with van der Waals surface area (Å²) in [6.45, 7) is 4.54. The molecule has 0 atom stereocenters. The third-order valence-corrected chi connectivity index (χ3v) is 8.77. The zero-order valence-corrected chi connectivity index (χ0v) is 24.9. The van der Waals surface area contributed by atoms with E-state index in [1.165, 1.54) is 49.4 Å². The molecule has 0 aliphatic heterocycles. The largest absolute Gasteiger partial charge is 0.292 e. The molecule has 210 valence electrons. The summed E-state index contributed by atoms with van der Waals surface area (Å²) < 4.78 is 2.31. The van der Waals surface area contributed by atoms with Crippen molar-refractivity contribution < 1.29 is 0 Å². The van der Waals surface area contributed by atoms with Crippen LogP contribution < -0.4 is 0 Å². The fourth-order valence-electron chi connectivity index (χ4n) is 6.63. The Kier molecular flexibility index (Phi) is 6.34. The van der Waals surface area contributed by atoms with Crippen LogP contribution in [0.25, 0.3) is 71.9 Å². The quantitative estimate of drug-likeness (QED) is 0.190. The molecular weight excluding hydrogens is 532 g/mol. The molecule has 0 saturated carbocycles. The average Bonchev–Trinajstić information content (AvgIpc) is 3.47. The van der Waals surface area contributed by atoms with Crippen LogP contribution >= 0.6 is 0 Å². The molecule has 1 heterocycles. The van der Waals surface area contributed by atoms with Crippen LogP contribution in [0.4, 0.5) is 0 Å². The smallest absolute Gasteiger partial charge is 0.145 e. The van der Waals surface area contributed by atoms with Gasteiger partial charge in [0.2, 0.25) is 0 Å². The van der Waals surface area contributed by atoms with Gasteiger partial charge in [-0.15, -0.1) is 0 Å². The highest BCUT2D eigenvalue weighted by atomic mass is 15.1. The maximum Gasteiger partial charge on any atom is 0.145 e. The van der Waals surface area contributed by atoms with E-state index in [1.807, 2.05) is 0 Å². The highest BCUT2D eigenvalue weighted by Crippen LogP contribution is 2.45. The minimum Gasteiger partial charge on any atom is -0.292 e. The number of nitrogens with zero attached hydrogens (tertiary/aromatic N) is 2. The lowest BCUT2D eigenvalue weighted by Gasteiger charge is -2.20. The highest BCUT2D eigenvalue weighted by Gasteiger charge is 2.20. The van der Waals surface area contributed by atoms with Crippen LogP contribution in [0.5, 0.6) is 0 Å². The van der Waals surface area contributed by atoms with Crippen LogP contribution in [-0.2, 0) is 0 Å². The molecule has 0 unspecified atom stereocenters. The Morgan fingerprint density at radius 2 is 1.00 bits per heavy atom. The van der Waals surface area contributed by atoms with Gasteiger partial charge in [-0.2, -0.15) is 0 Å². The van der Waals surface area contributed by atoms with Gasteiger partial charge in [-0.3, -0.25) is 4.57 Å². The van der Waals surface area contributed by atoms with E-state index in [4.69, 9.17) is 4.98 Å². The molecule has 1 aromatic heterocycles. The van der Waals surface area contributed by atoms with E-state index in [1.54, 1.807) is 0 Å². The van der Waals surface area contributed by atoms with Gasteiger partial charge in [0.15, 0.2) is 0 Å². The fraction of sp³-hybridized carbons (Fsp3) is 0.0714. The third-order valence-electron chi connectivity index (χ3n) is 8.77. The summed E-state index contributed by atoms with van der Waals surface area (Å²) in [5, 5.41) is 5.04. The Morgan fingerprint density at radius 3 is 1.61 bits per heavy atom. The van der Waals surface area contributed by atoms with Crippen LogP contribution in [0.15, 0.2) is 152 Å². The molecule has 0 spiro atoms. The predicted octanol–water partition coefficient (Wildman–Crippen LogP) is 11.5. The molecule has 0 aliphatic carbocycles. The van der Waals surface area contributed by atoms with E-state index in [0.29, 0.717) is 5.92 Å². The van der Waals surface area contributed by atoms with Crippen molar-refractivity contribution >= 4 is 32.6 Å². The Bertz CT molecular complexity index is 2280. The summed E-state index contributed by atoms with van der Waals surface area (Å²) in [5.74, 6) is 1.38. The van der Waals surface area contributed by atoms with Crippen molar-refractivity contribution in [3.63, 3.8) is 0 Å². The van der Waals surface area contributed by atoms with Gasteiger partial charge in [0.1, 0.15) is 5.82 Å². The Morgan fingerprint density at radius 1 is 0.477 bits per heavy atom. The fourth-order valence-corrected chi connectivity index (χ4v) is 6.63. The zero-order chi connectivity index (χ0) is 29.6. The van der Waals surface area contributed by atoms with Gasteiger partial charge in [-0.1, -0.05) is 141 Å². The first-order valence-corrected chi connectivity index (χ1v) is 15.3. The lowest BCUT2D eigenvalue weighted by molar-refractivity contribution is 0.869. The monoisotopic (exact) mass is 564 g/mol. The van der Waals surface area contributed by atoms with Crippen LogP contribution in [0.1, 0.15) is 25.3 Å². The van der Waals surface area contributed by atoms with E-state index in [0.717, 1.165) is 28.1 Å². The van der Waals surface area contributed by atoms with Crippen molar-refractivity contribution in [1.82, 2.24) is 9.55 Å². The van der Waals surface area contributed by atoms with Crippen molar-refractivity contribution in [1.29, 1.82) is 0 Å². The van der Waals surface area contributed by atoms with Gasteiger partial charge in [0, 0.05) is 11.3 Å². The molecule has 0 N–H and O–H groups in total. The number of hydrogen-bond donors (Lipinski definition) is 0. The molecule has 7 aromatic carbocycles. The molecule has 0 radical (unpaired) electrons. The number of aromatic nitrogens is 2. The molecule has 8 rings (SSSR count). The van der Waals surface area contributed by atoms with Crippen LogP contribution in [0, 0.1) is 0 Å². The van der Waals surface area contributed by atoms with Crippen molar-refractivity contribution in [3.05, 3.63) is 157 Å². The van der Waals surface area contributed by atoms with Gasteiger partial charge < -0.3 is 0 Å². The van der Waals surface area contributed by atoms with Gasteiger partial charge in [-0.05, 0) is 79.5 Å². The number of hydrogen-bond acceptors (Lipinski definition) is 1. The minimum atomic E-state index is 0.437. The summed E-state index contributed by atoms with van der Waals surface area (Å²) in [6.07, 6.45) is 0. The van der Waals surface area contributed by atoms with E-state index < -0.39 is 0 Å².